The van der Waals surface area contributed by atoms with Gasteiger partial charge in [-0.15, -0.1) is 0 Å². The lowest BCUT2D eigenvalue weighted by atomic mass is 10.1. The predicted molar refractivity (Wildman–Crippen MR) is 77.4 cm³/mol. The molecule has 1 amide bonds. The monoisotopic (exact) mass is 272 g/mol. The number of carbonyl (C=O) groups excluding carboxylic acids is 1. The second kappa shape index (κ2) is 6.16. The fourth-order valence-electron chi connectivity index (χ4n) is 1.91. The highest BCUT2D eigenvalue weighted by Gasteiger charge is 2.15. The molecule has 20 heavy (non-hydrogen) atoms. The summed E-state index contributed by atoms with van der Waals surface area (Å²) in [5, 5.41) is 13.4. The molecule has 0 heterocycles. The first kappa shape index (κ1) is 14.0. The molecule has 0 aliphatic carbocycles. The van der Waals surface area contributed by atoms with Gasteiger partial charge in [0, 0.05) is 12.1 Å². The topological polar surface area (TPSA) is 92.4 Å². The number of hydrogen-bond donors (Lipinski definition) is 3. The van der Waals surface area contributed by atoms with E-state index in [0.717, 1.165) is 10.8 Å². The molecule has 5 heteroatoms. The van der Waals surface area contributed by atoms with Crippen LogP contribution in [0.2, 0.25) is 0 Å². The van der Waals surface area contributed by atoms with Gasteiger partial charge in [-0.05, 0) is 29.3 Å². The highest BCUT2D eigenvalue weighted by atomic mass is 16.4. The fourth-order valence-corrected chi connectivity index (χ4v) is 1.91. The minimum absolute atomic E-state index is 0.119. The normalized spacial score (nSPS) is 12.1. The Kier molecular flexibility index (Phi) is 4.32. The summed E-state index contributed by atoms with van der Waals surface area (Å²) in [6, 6.07) is 12.6. The van der Waals surface area contributed by atoms with Gasteiger partial charge in [-0.1, -0.05) is 30.3 Å². The van der Waals surface area contributed by atoms with Crippen LogP contribution in [0.5, 0.6) is 0 Å². The summed E-state index contributed by atoms with van der Waals surface area (Å²) < 4.78 is 0. The van der Waals surface area contributed by atoms with Crippen molar-refractivity contribution < 1.29 is 14.7 Å². The van der Waals surface area contributed by atoms with E-state index in [9.17, 15) is 9.59 Å². The standard InChI is InChI=1S/C15H16N2O3/c16-13(7-8-14(18)19)15(20)17-12-6-5-10-3-1-2-4-11(10)9-12/h1-6,9,13H,7-8,16H2,(H,17,20)(H,18,19)/t13-/m1/s1. The zero-order valence-corrected chi connectivity index (χ0v) is 10.9. The highest BCUT2D eigenvalue weighted by molar-refractivity contribution is 5.97. The maximum atomic E-state index is 11.8. The number of rotatable bonds is 5. The van der Waals surface area contributed by atoms with E-state index < -0.39 is 12.0 Å². The van der Waals surface area contributed by atoms with Crippen LogP contribution >= 0.6 is 0 Å². The number of aliphatic carboxylic acids is 1. The number of nitrogens with two attached hydrogens (primary N) is 1. The third-order valence-corrected chi connectivity index (χ3v) is 3.02. The van der Waals surface area contributed by atoms with E-state index in [-0.39, 0.29) is 18.7 Å². The maximum absolute atomic E-state index is 11.8. The van der Waals surface area contributed by atoms with Crippen molar-refractivity contribution in [1.82, 2.24) is 0 Å². The van der Waals surface area contributed by atoms with E-state index in [0.29, 0.717) is 5.69 Å². The summed E-state index contributed by atoms with van der Waals surface area (Å²) in [6.45, 7) is 0. The minimum atomic E-state index is -0.959. The van der Waals surface area contributed by atoms with Crippen LogP contribution in [0.3, 0.4) is 0 Å². The Hall–Kier alpha value is -2.40. The first-order valence-electron chi connectivity index (χ1n) is 6.33. The molecule has 0 bridgehead atoms. The smallest absolute Gasteiger partial charge is 0.303 e. The van der Waals surface area contributed by atoms with Crippen LogP contribution in [0.4, 0.5) is 5.69 Å². The largest absolute Gasteiger partial charge is 0.481 e. The van der Waals surface area contributed by atoms with Crippen LogP contribution < -0.4 is 11.1 Å². The number of fused-ring (bicyclic) bond motifs is 1. The molecule has 104 valence electrons. The summed E-state index contributed by atoms with van der Waals surface area (Å²) >= 11 is 0. The minimum Gasteiger partial charge on any atom is -0.481 e. The molecular formula is C15H16N2O3. The number of carboxylic acid groups (broad SMARTS) is 1. The van der Waals surface area contributed by atoms with Crippen molar-refractivity contribution in [3.8, 4) is 0 Å². The average Bonchev–Trinajstić information content (AvgIpc) is 2.44. The Morgan fingerprint density at radius 1 is 1.15 bits per heavy atom. The molecular weight excluding hydrogens is 256 g/mol. The van der Waals surface area contributed by atoms with Crippen molar-refractivity contribution in [3.63, 3.8) is 0 Å². The lowest BCUT2D eigenvalue weighted by Crippen LogP contribution is -2.36. The van der Waals surface area contributed by atoms with E-state index in [4.69, 9.17) is 10.8 Å². The molecule has 0 spiro atoms. The molecule has 2 aromatic carbocycles. The van der Waals surface area contributed by atoms with Gasteiger partial charge in [-0.3, -0.25) is 9.59 Å². The lowest BCUT2D eigenvalue weighted by molar-refractivity contribution is -0.137. The number of amides is 1. The predicted octanol–water partition coefficient (Wildman–Crippen LogP) is 1.97. The van der Waals surface area contributed by atoms with Gasteiger partial charge in [0.2, 0.25) is 5.91 Å². The Balaban J connectivity index is 2.03. The first-order valence-corrected chi connectivity index (χ1v) is 6.33. The van der Waals surface area contributed by atoms with Gasteiger partial charge in [0.1, 0.15) is 0 Å². The molecule has 0 aliphatic heterocycles. The van der Waals surface area contributed by atoms with E-state index in [2.05, 4.69) is 5.32 Å². The van der Waals surface area contributed by atoms with Crippen molar-refractivity contribution in [1.29, 1.82) is 0 Å². The van der Waals surface area contributed by atoms with Crippen LogP contribution in [0.25, 0.3) is 10.8 Å². The molecule has 0 aliphatic rings. The SMILES string of the molecule is N[C@H](CCC(=O)O)C(=O)Nc1ccc2ccccc2c1. The molecule has 0 aromatic heterocycles. The summed E-state index contributed by atoms with van der Waals surface area (Å²) in [7, 11) is 0. The zero-order chi connectivity index (χ0) is 14.5. The number of nitrogens with one attached hydrogen (secondary N) is 1. The van der Waals surface area contributed by atoms with Crippen molar-refractivity contribution in [2.24, 2.45) is 5.73 Å². The molecule has 5 nitrogen and oxygen atoms in total. The molecule has 0 saturated heterocycles. The van der Waals surface area contributed by atoms with Crippen LogP contribution in [0.15, 0.2) is 42.5 Å². The van der Waals surface area contributed by atoms with E-state index in [1.165, 1.54) is 0 Å². The van der Waals surface area contributed by atoms with Gasteiger partial charge in [0.25, 0.3) is 0 Å². The van der Waals surface area contributed by atoms with E-state index in [1.54, 1.807) is 6.07 Å². The number of carboxylic acids is 1. The first-order chi connectivity index (χ1) is 9.56. The van der Waals surface area contributed by atoms with Gasteiger partial charge < -0.3 is 16.2 Å². The van der Waals surface area contributed by atoms with Crippen LogP contribution in [0.1, 0.15) is 12.8 Å². The third kappa shape index (κ3) is 3.55. The number of benzene rings is 2. The molecule has 0 fully saturated rings. The van der Waals surface area contributed by atoms with Crippen LogP contribution in [-0.4, -0.2) is 23.0 Å². The molecule has 0 radical (unpaired) electrons. The summed E-state index contributed by atoms with van der Waals surface area (Å²) in [6.07, 6.45) is 0.00105. The van der Waals surface area contributed by atoms with E-state index in [1.807, 2.05) is 36.4 Å². The zero-order valence-electron chi connectivity index (χ0n) is 10.9. The van der Waals surface area contributed by atoms with Crippen molar-refractivity contribution >= 4 is 28.3 Å². The molecule has 1 atom stereocenters. The van der Waals surface area contributed by atoms with Crippen LogP contribution in [-0.2, 0) is 9.59 Å². The Bertz CT molecular complexity index is 640. The average molecular weight is 272 g/mol. The van der Waals surface area contributed by atoms with E-state index >= 15 is 0 Å². The van der Waals surface area contributed by atoms with Gasteiger partial charge in [-0.25, -0.2) is 0 Å². The third-order valence-electron chi connectivity index (χ3n) is 3.02. The Morgan fingerprint density at radius 3 is 2.55 bits per heavy atom. The van der Waals surface area contributed by atoms with Crippen molar-refractivity contribution in [3.05, 3.63) is 42.5 Å². The fraction of sp³-hybridized carbons (Fsp3) is 0.200. The molecule has 0 unspecified atom stereocenters. The van der Waals surface area contributed by atoms with Gasteiger partial charge in [0.15, 0.2) is 0 Å². The molecule has 4 N–H and O–H groups in total. The van der Waals surface area contributed by atoms with Crippen molar-refractivity contribution in [2.75, 3.05) is 5.32 Å². The number of carbonyl (C=O) groups is 2. The summed E-state index contributed by atoms with van der Waals surface area (Å²) in [5.41, 5.74) is 6.30. The lowest BCUT2D eigenvalue weighted by Gasteiger charge is -2.11. The molecule has 0 saturated carbocycles. The number of hydrogen-bond acceptors (Lipinski definition) is 3. The maximum Gasteiger partial charge on any atom is 0.303 e. The molecule has 2 aromatic rings. The summed E-state index contributed by atoms with van der Waals surface area (Å²) in [4.78, 5) is 22.3. The highest BCUT2D eigenvalue weighted by Crippen LogP contribution is 2.19. The van der Waals surface area contributed by atoms with Gasteiger partial charge in [-0.2, -0.15) is 0 Å². The van der Waals surface area contributed by atoms with Crippen LogP contribution in [0, 0.1) is 0 Å². The Morgan fingerprint density at radius 2 is 1.85 bits per heavy atom. The van der Waals surface area contributed by atoms with Gasteiger partial charge in [0.05, 0.1) is 6.04 Å². The number of anilines is 1. The quantitative estimate of drug-likeness (QED) is 0.775. The molecule has 2 rings (SSSR count). The van der Waals surface area contributed by atoms with Gasteiger partial charge >= 0.3 is 5.97 Å². The summed E-state index contributed by atoms with van der Waals surface area (Å²) in [5.74, 6) is -1.33. The van der Waals surface area contributed by atoms with Crippen molar-refractivity contribution in [2.45, 2.75) is 18.9 Å². The second-order valence-electron chi connectivity index (χ2n) is 4.59. The second-order valence-corrected chi connectivity index (χ2v) is 4.59. The Labute approximate surface area is 116 Å².